The first-order valence-corrected chi connectivity index (χ1v) is 9.26. The van der Waals surface area contributed by atoms with Gasteiger partial charge in [-0.15, -0.1) is 0 Å². The number of halogens is 2. The van der Waals surface area contributed by atoms with E-state index in [1.54, 1.807) is 0 Å². The first kappa shape index (κ1) is 19.5. The van der Waals surface area contributed by atoms with E-state index in [1.165, 1.54) is 11.6 Å². The normalized spacial score (nSPS) is 18.3. The van der Waals surface area contributed by atoms with Crippen molar-refractivity contribution in [2.45, 2.75) is 31.3 Å². The SMILES string of the molecule is N[C@@H](CC(=O)N1CCNCC1Cc1ccccc1)Cc1ccc(F)c(F)c1. The van der Waals surface area contributed by atoms with Crippen molar-refractivity contribution in [3.05, 3.63) is 71.3 Å². The van der Waals surface area contributed by atoms with Crippen LogP contribution in [0.5, 0.6) is 0 Å². The first-order chi connectivity index (χ1) is 13.0. The zero-order valence-electron chi connectivity index (χ0n) is 15.2. The molecule has 1 unspecified atom stereocenters. The summed E-state index contributed by atoms with van der Waals surface area (Å²) in [6, 6.07) is 13.5. The van der Waals surface area contributed by atoms with Gasteiger partial charge in [0.05, 0.1) is 0 Å². The number of nitrogens with zero attached hydrogens (tertiary/aromatic N) is 1. The lowest BCUT2D eigenvalue weighted by Gasteiger charge is -2.37. The smallest absolute Gasteiger partial charge is 0.224 e. The number of carbonyl (C=O) groups is 1. The molecule has 2 atom stereocenters. The van der Waals surface area contributed by atoms with Gasteiger partial charge in [0.1, 0.15) is 0 Å². The summed E-state index contributed by atoms with van der Waals surface area (Å²) in [6.07, 6.45) is 1.31. The molecule has 1 fully saturated rings. The summed E-state index contributed by atoms with van der Waals surface area (Å²) in [4.78, 5) is 14.7. The van der Waals surface area contributed by atoms with Crippen molar-refractivity contribution in [1.29, 1.82) is 0 Å². The fourth-order valence-corrected chi connectivity index (χ4v) is 3.54. The predicted molar refractivity (Wildman–Crippen MR) is 101 cm³/mol. The standard InChI is InChI=1S/C21H25F2N3O/c22-19-7-6-16(12-20(19)23)10-17(24)13-21(27)26-9-8-25-14-18(26)11-15-4-2-1-3-5-15/h1-7,12,17-18,25H,8-11,13-14,24H2/t17-,18?/m1/s1. The highest BCUT2D eigenvalue weighted by Crippen LogP contribution is 2.15. The molecule has 144 valence electrons. The molecule has 2 aromatic rings. The summed E-state index contributed by atoms with van der Waals surface area (Å²) in [6.45, 7) is 2.16. The molecule has 6 heteroatoms. The van der Waals surface area contributed by atoms with E-state index in [9.17, 15) is 13.6 Å². The number of piperazine rings is 1. The van der Waals surface area contributed by atoms with Gasteiger partial charge < -0.3 is 16.0 Å². The highest BCUT2D eigenvalue weighted by molar-refractivity contribution is 5.77. The van der Waals surface area contributed by atoms with Gasteiger partial charge in [-0.3, -0.25) is 4.79 Å². The molecule has 1 aliphatic rings. The number of amides is 1. The van der Waals surface area contributed by atoms with Gasteiger partial charge in [-0.25, -0.2) is 8.78 Å². The Morgan fingerprint density at radius 3 is 2.67 bits per heavy atom. The molecule has 1 saturated heterocycles. The van der Waals surface area contributed by atoms with Crippen molar-refractivity contribution < 1.29 is 13.6 Å². The molecule has 1 amide bonds. The summed E-state index contributed by atoms with van der Waals surface area (Å²) in [5.74, 6) is -1.77. The van der Waals surface area contributed by atoms with E-state index in [2.05, 4.69) is 17.4 Å². The van der Waals surface area contributed by atoms with Gasteiger partial charge in [0.25, 0.3) is 0 Å². The maximum absolute atomic E-state index is 13.3. The van der Waals surface area contributed by atoms with Crippen LogP contribution in [0.15, 0.2) is 48.5 Å². The average Bonchev–Trinajstić information content (AvgIpc) is 2.66. The number of rotatable bonds is 6. The third-order valence-corrected chi connectivity index (χ3v) is 4.90. The van der Waals surface area contributed by atoms with Gasteiger partial charge in [0.2, 0.25) is 5.91 Å². The zero-order chi connectivity index (χ0) is 19.2. The topological polar surface area (TPSA) is 58.4 Å². The fraction of sp³-hybridized carbons (Fsp3) is 0.381. The van der Waals surface area contributed by atoms with E-state index in [4.69, 9.17) is 5.73 Å². The lowest BCUT2D eigenvalue weighted by atomic mass is 10.00. The monoisotopic (exact) mass is 373 g/mol. The largest absolute Gasteiger partial charge is 0.337 e. The van der Waals surface area contributed by atoms with Crippen molar-refractivity contribution in [2.24, 2.45) is 5.73 Å². The lowest BCUT2D eigenvalue weighted by Crippen LogP contribution is -2.55. The van der Waals surface area contributed by atoms with Crippen LogP contribution in [-0.4, -0.2) is 42.5 Å². The summed E-state index contributed by atoms with van der Waals surface area (Å²) in [7, 11) is 0. The maximum Gasteiger partial charge on any atom is 0.224 e. The van der Waals surface area contributed by atoms with Crippen LogP contribution in [0.3, 0.4) is 0 Å². The van der Waals surface area contributed by atoms with Crippen LogP contribution in [-0.2, 0) is 17.6 Å². The fourth-order valence-electron chi connectivity index (χ4n) is 3.54. The number of benzene rings is 2. The quantitative estimate of drug-likeness (QED) is 0.817. The minimum Gasteiger partial charge on any atom is -0.337 e. The van der Waals surface area contributed by atoms with E-state index >= 15 is 0 Å². The van der Waals surface area contributed by atoms with Crippen molar-refractivity contribution >= 4 is 5.91 Å². The molecular formula is C21H25F2N3O. The second kappa shape index (κ2) is 9.06. The highest BCUT2D eigenvalue weighted by Gasteiger charge is 2.27. The van der Waals surface area contributed by atoms with Crippen LogP contribution in [0.1, 0.15) is 17.5 Å². The average molecular weight is 373 g/mol. The summed E-state index contributed by atoms with van der Waals surface area (Å²) < 4.78 is 26.4. The second-order valence-electron chi connectivity index (χ2n) is 7.05. The number of nitrogens with one attached hydrogen (secondary N) is 1. The van der Waals surface area contributed by atoms with Gasteiger partial charge in [-0.05, 0) is 36.1 Å². The molecule has 0 aliphatic carbocycles. The van der Waals surface area contributed by atoms with E-state index in [-0.39, 0.29) is 18.4 Å². The van der Waals surface area contributed by atoms with Crippen LogP contribution in [0.4, 0.5) is 8.78 Å². The number of carbonyl (C=O) groups excluding carboxylic acids is 1. The van der Waals surface area contributed by atoms with E-state index in [0.717, 1.165) is 31.6 Å². The second-order valence-corrected chi connectivity index (χ2v) is 7.05. The molecule has 0 bridgehead atoms. The van der Waals surface area contributed by atoms with Gasteiger partial charge in [-0.2, -0.15) is 0 Å². The van der Waals surface area contributed by atoms with Gasteiger partial charge in [-0.1, -0.05) is 36.4 Å². The van der Waals surface area contributed by atoms with E-state index in [0.29, 0.717) is 18.5 Å². The van der Waals surface area contributed by atoms with Crippen LogP contribution in [0, 0.1) is 11.6 Å². The first-order valence-electron chi connectivity index (χ1n) is 9.26. The Morgan fingerprint density at radius 2 is 1.93 bits per heavy atom. The Labute approximate surface area is 158 Å². The molecule has 3 N–H and O–H groups in total. The Bertz CT molecular complexity index is 769. The van der Waals surface area contributed by atoms with Gasteiger partial charge in [0.15, 0.2) is 11.6 Å². The molecule has 1 aliphatic heterocycles. The summed E-state index contributed by atoms with van der Waals surface area (Å²) >= 11 is 0. The predicted octanol–water partition coefficient (Wildman–Crippen LogP) is 2.27. The molecule has 0 saturated carbocycles. The third-order valence-electron chi connectivity index (χ3n) is 4.90. The summed E-state index contributed by atoms with van der Waals surface area (Å²) in [5, 5.41) is 3.34. The van der Waals surface area contributed by atoms with Crippen molar-refractivity contribution in [1.82, 2.24) is 10.2 Å². The van der Waals surface area contributed by atoms with Crippen LogP contribution >= 0.6 is 0 Å². The third kappa shape index (κ3) is 5.34. The Hall–Kier alpha value is -2.31. The van der Waals surface area contributed by atoms with Crippen molar-refractivity contribution in [3.8, 4) is 0 Å². The molecule has 0 aromatic heterocycles. The van der Waals surface area contributed by atoms with E-state index in [1.807, 2.05) is 23.1 Å². The van der Waals surface area contributed by atoms with E-state index < -0.39 is 17.7 Å². The van der Waals surface area contributed by atoms with Crippen LogP contribution in [0.2, 0.25) is 0 Å². The van der Waals surface area contributed by atoms with Crippen molar-refractivity contribution in [3.63, 3.8) is 0 Å². The van der Waals surface area contributed by atoms with Crippen LogP contribution in [0.25, 0.3) is 0 Å². The lowest BCUT2D eigenvalue weighted by molar-refractivity contribution is -0.134. The molecule has 0 radical (unpaired) electrons. The Kier molecular flexibility index (Phi) is 6.53. The van der Waals surface area contributed by atoms with Crippen LogP contribution < -0.4 is 11.1 Å². The van der Waals surface area contributed by atoms with Crippen molar-refractivity contribution in [2.75, 3.05) is 19.6 Å². The minimum atomic E-state index is -0.893. The van der Waals surface area contributed by atoms with Gasteiger partial charge in [0, 0.05) is 38.1 Å². The number of hydrogen-bond donors (Lipinski definition) is 2. The molecular weight excluding hydrogens is 348 g/mol. The molecule has 27 heavy (non-hydrogen) atoms. The zero-order valence-corrected chi connectivity index (χ0v) is 15.2. The molecule has 4 nitrogen and oxygen atoms in total. The number of nitrogens with two attached hydrogens (primary N) is 1. The summed E-state index contributed by atoms with van der Waals surface area (Å²) in [5.41, 5.74) is 7.90. The Morgan fingerprint density at radius 1 is 1.15 bits per heavy atom. The molecule has 3 rings (SSSR count). The van der Waals surface area contributed by atoms with Gasteiger partial charge >= 0.3 is 0 Å². The molecule has 0 spiro atoms. The Balaban J connectivity index is 1.59. The molecule has 2 aromatic carbocycles. The molecule has 1 heterocycles. The highest BCUT2D eigenvalue weighted by atomic mass is 19.2. The maximum atomic E-state index is 13.3. The minimum absolute atomic E-state index is 0.00696. The number of hydrogen-bond acceptors (Lipinski definition) is 3.